The summed E-state index contributed by atoms with van der Waals surface area (Å²) in [4.78, 5) is 10.7. The molecule has 202 valence electrons. The minimum Gasteiger partial charge on any atom is -0.398 e. The van der Waals surface area contributed by atoms with Crippen LogP contribution < -0.4 is 16.4 Å². The van der Waals surface area contributed by atoms with Gasteiger partial charge in [-0.15, -0.1) is 0 Å². The molecule has 5 N–H and O–H groups in total. The van der Waals surface area contributed by atoms with Gasteiger partial charge in [0.2, 0.25) is 0 Å². The first-order valence-electron chi connectivity index (χ1n) is 14.0. The van der Waals surface area contributed by atoms with Gasteiger partial charge in [0.05, 0.1) is 12.2 Å². The van der Waals surface area contributed by atoms with Crippen molar-refractivity contribution in [1.82, 2.24) is 24.6 Å². The molecule has 2 bridgehead atoms. The van der Waals surface area contributed by atoms with Gasteiger partial charge in [0, 0.05) is 78.7 Å². The van der Waals surface area contributed by atoms with Crippen LogP contribution in [0.3, 0.4) is 0 Å². The van der Waals surface area contributed by atoms with Gasteiger partial charge in [0.15, 0.2) is 0 Å². The third kappa shape index (κ3) is 4.50. The molecule has 3 saturated heterocycles. The van der Waals surface area contributed by atoms with E-state index in [4.69, 9.17) is 16.6 Å². The number of nitrogens with two attached hydrogens (primary N) is 2. The number of hydrogen-bond acceptors (Lipinski definition) is 6. The van der Waals surface area contributed by atoms with Crippen LogP contribution in [-0.2, 0) is 0 Å². The highest BCUT2D eigenvalue weighted by Crippen LogP contribution is 2.40. The van der Waals surface area contributed by atoms with Gasteiger partial charge in [0.1, 0.15) is 5.82 Å². The van der Waals surface area contributed by atoms with Crippen molar-refractivity contribution in [2.24, 2.45) is 5.73 Å². The summed E-state index contributed by atoms with van der Waals surface area (Å²) in [5, 5.41) is 4.79. The number of aromatic amines is 1. The minimum atomic E-state index is 0.461. The quantitative estimate of drug-likeness (QED) is 0.475. The topological polar surface area (TPSA) is 95.4 Å². The molecule has 0 aliphatic carbocycles. The number of benzene rings is 1. The molecule has 3 fully saturated rings. The van der Waals surface area contributed by atoms with Crippen LogP contribution in [0.5, 0.6) is 0 Å². The van der Waals surface area contributed by atoms with E-state index in [0.29, 0.717) is 29.6 Å². The van der Waals surface area contributed by atoms with E-state index in [9.17, 15) is 0 Å². The van der Waals surface area contributed by atoms with E-state index in [1.165, 1.54) is 42.5 Å². The predicted octanol–water partition coefficient (Wildman–Crippen LogP) is 4.08. The molecule has 0 amide bonds. The van der Waals surface area contributed by atoms with Gasteiger partial charge in [-0.05, 0) is 88.5 Å². The Hall–Kier alpha value is -3.23. The van der Waals surface area contributed by atoms with E-state index in [1.54, 1.807) is 0 Å². The Morgan fingerprint density at radius 3 is 2.32 bits per heavy atom. The van der Waals surface area contributed by atoms with Gasteiger partial charge in [-0.3, -0.25) is 4.68 Å². The fourth-order valence-corrected chi connectivity index (χ4v) is 7.01. The maximum atomic E-state index is 6.71. The highest BCUT2D eigenvalue weighted by Gasteiger charge is 2.39. The molecule has 2 aromatic heterocycles. The normalized spacial score (nSPS) is 24.9. The third-order valence-electron chi connectivity index (χ3n) is 9.26. The first-order chi connectivity index (χ1) is 18.3. The van der Waals surface area contributed by atoms with Crippen LogP contribution in [0.1, 0.15) is 54.0 Å². The van der Waals surface area contributed by atoms with Gasteiger partial charge in [0.25, 0.3) is 0 Å². The van der Waals surface area contributed by atoms with E-state index < -0.39 is 0 Å². The Bertz CT molecular complexity index is 1300. The number of H-pyrrole nitrogens is 1. The van der Waals surface area contributed by atoms with E-state index in [-0.39, 0.29) is 0 Å². The van der Waals surface area contributed by atoms with Crippen molar-refractivity contribution < 1.29 is 0 Å². The van der Waals surface area contributed by atoms with Gasteiger partial charge < -0.3 is 31.2 Å². The number of rotatable bonds is 5. The number of anilines is 2. The molecule has 2 atom stereocenters. The van der Waals surface area contributed by atoms with Crippen LogP contribution in [0.2, 0.25) is 0 Å². The first kappa shape index (κ1) is 25.1. The summed E-state index contributed by atoms with van der Waals surface area (Å²) in [6.07, 6.45) is 13.1. The zero-order valence-corrected chi connectivity index (χ0v) is 23.2. The predicted molar refractivity (Wildman–Crippen MR) is 157 cm³/mol. The molecule has 6 rings (SSSR count). The highest BCUT2D eigenvalue weighted by molar-refractivity contribution is 5.90. The monoisotopic (exact) mass is 514 g/mol. The fraction of sp³-hybridized carbons (Fsp3) is 0.500. The number of nitrogens with one attached hydrogen (secondary N) is 1. The van der Waals surface area contributed by atoms with Crippen molar-refractivity contribution in [3.63, 3.8) is 0 Å². The lowest BCUT2D eigenvalue weighted by Crippen LogP contribution is -2.45. The Kier molecular flexibility index (Phi) is 6.48. The Morgan fingerprint density at radius 2 is 1.66 bits per heavy atom. The highest BCUT2D eigenvalue weighted by atomic mass is 15.3. The molecule has 1 aromatic carbocycles. The van der Waals surface area contributed by atoms with Crippen LogP contribution >= 0.6 is 0 Å². The summed E-state index contributed by atoms with van der Waals surface area (Å²) in [6, 6.07) is 6.25. The number of piperazine rings is 1. The zero-order valence-electron chi connectivity index (χ0n) is 23.2. The first-order valence-corrected chi connectivity index (χ1v) is 14.0. The van der Waals surface area contributed by atoms with Gasteiger partial charge in [-0.2, -0.15) is 5.10 Å². The van der Waals surface area contributed by atoms with Crippen LogP contribution in [0.4, 0.5) is 11.5 Å². The second-order valence-corrected chi connectivity index (χ2v) is 11.8. The maximum absolute atomic E-state index is 6.71. The summed E-state index contributed by atoms with van der Waals surface area (Å²) in [5.41, 5.74) is 21.7. The zero-order chi connectivity index (χ0) is 26.6. The minimum absolute atomic E-state index is 0.461. The summed E-state index contributed by atoms with van der Waals surface area (Å²) in [6.45, 7) is 8.67. The maximum Gasteiger partial charge on any atom is 0.108 e. The van der Waals surface area contributed by atoms with Crippen molar-refractivity contribution in [3.8, 4) is 11.1 Å². The number of aryl methyl sites for hydroxylation is 2. The number of piperidine rings is 1. The van der Waals surface area contributed by atoms with Gasteiger partial charge in [-0.25, -0.2) is 0 Å². The van der Waals surface area contributed by atoms with Crippen LogP contribution in [0, 0.1) is 13.8 Å². The van der Waals surface area contributed by atoms with Crippen molar-refractivity contribution in [2.45, 2.75) is 57.7 Å². The average Bonchev–Trinajstić information content (AvgIpc) is 3.55. The number of nitrogen functional groups attached to an aromatic ring is 1. The smallest absolute Gasteiger partial charge is 0.108 e. The molecule has 5 heterocycles. The Balaban J connectivity index is 1.25. The lowest BCUT2D eigenvalue weighted by Gasteiger charge is -2.36. The number of hydrogen-bond donors (Lipinski definition) is 3. The molecule has 2 unspecified atom stereocenters. The third-order valence-corrected chi connectivity index (χ3v) is 9.26. The molecule has 8 heteroatoms. The molecule has 3 aliphatic rings. The molecule has 0 radical (unpaired) electrons. The van der Waals surface area contributed by atoms with E-state index in [0.717, 1.165) is 48.4 Å². The SMILES string of the molecule is Cc1cc(/C(N)=C/c2c(-c3cnn(C4CC5CCC(C4)N5C)c3)c[nH]c2N)cc(C)c1N1CCN(C)CC1. The Morgan fingerprint density at radius 1 is 1.00 bits per heavy atom. The fourth-order valence-electron chi connectivity index (χ4n) is 7.01. The second-order valence-electron chi connectivity index (χ2n) is 11.8. The molecular weight excluding hydrogens is 472 g/mol. The summed E-state index contributed by atoms with van der Waals surface area (Å²) in [7, 11) is 4.47. The average molecular weight is 515 g/mol. The van der Waals surface area contributed by atoms with Crippen molar-refractivity contribution in [2.75, 3.05) is 50.9 Å². The number of nitrogens with zero attached hydrogens (tertiary/aromatic N) is 5. The molecule has 3 aliphatic heterocycles. The number of fused-ring (bicyclic) bond motifs is 2. The molecule has 8 nitrogen and oxygen atoms in total. The largest absolute Gasteiger partial charge is 0.398 e. The van der Waals surface area contributed by atoms with Crippen molar-refractivity contribution in [1.29, 1.82) is 0 Å². The molecule has 0 saturated carbocycles. The molecule has 3 aromatic rings. The van der Waals surface area contributed by atoms with Crippen molar-refractivity contribution >= 4 is 23.3 Å². The van der Waals surface area contributed by atoms with Gasteiger partial charge in [-0.1, -0.05) is 0 Å². The van der Waals surface area contributed by atoms with E-state index in [2.05, 4.69) is 70.6 Å². The van der Waals surface area contributed by atoms with Gasteiger partial charge >= 0.3 is 0 Å². The Labute approximate surface area is 226 Å². The number of likely N-dealkylation sites (N-methyl/N-ethyl adjacent to an activating group) is 1. The lowest BCUT2D eigenvalue weighted by molar-refractivity contribution is 0.131. The van der Waals surface area contributed by atoms with Crippen LogP contribution in [-0.4, -0.2) is 76.9 Å². The summed E-state index contributed by atoms with van der Waals surface area (Å²) < 4.78 is 2.18. The summed E-state index contributed by atoms with van der Waals surface area (Å²) >= 11 is 0. The van der Waals surface area contributed by atoms with E-state index in [1.807, 2.05) is 18.5 Å². The molecule has 38 heavy (non-hydrogen) atoms. The van der Waals surface area contributed by atoms with Crippen molar-refractivity contribution in [3.05, 3.63) is 53.0 Å². The lowest BCUT2D eigenvalue weighted by atomic mass is 9.98. The van der Waals surface area contributed by atoms with Crippen LogP contribution in [0.15, 0.2) is 30.7 Å². The van der Waals surface area contributed by atoms with E-state index >= 15 is 0 Å². The summed E-state index contributed by atoms with van der Waals surface area (Å²) in [5.74, 6) is 0.621. The van der Waals surface area contributed by atoms with Crippen LogP contribution in [0.25, 0.3) is 22.9 Å². The molecule has 0 spiro atoms. The second kappa shape index (κ2) is 9.82. The standard InChI is InChI=1S/C30H42N8/c1-19-11-21(12-20(2)29(19)37-9-7-35(3)8-10-37)28(31)15-26-27(17-33-30(26)32)22-16-34-38(18-22)25-13-23-5-6-24(14-25)36(23)4/h11-12,15-18,23-25,33H,5-10,13-14,31-32H2,1-4H3/b28-15-. The molecular formula is C30H42N8. The number of aromatic nitrogens is 3.